The predicted octanol–water partition coefficient (Wildman–Crippen LogP) is 2.89. The third-order valence-electron chi connectivity index (χ3n) is 3.09. The molecule has 2 aromatic rings. The van der Waals surface area contributed by atoms with Gasteiger partial charge < -0.3 is 10.6 Å². The number of carbonyl (C=O) groups is 1. The van der Waals surface area contributed by atoms with Gasteiger partial charge in [-0.2, -0.15) is 0 Å². The zero-order valence-corrected chi connectivity index (χ0v) is 11.7. The van der Waals surface area contributed by atoms with Crippen molar-refractivity contribution >= 4 is 11.6 Å². The summed E-state index contributed by atoms with van der Waals surface area (Å²) in [6.07, 6.45) is 3.25. The molecule has 0 bridgehead atoms. The van der Waals surface area contributed by atoms with Crippen molar-refractivity contribution in [3.8, 4) is 0 Å². The highest BCUT2D eigenvalue weighted by Crippen LogP contribution is 2.20. The van der Waals surface area contributed by atoms with E-state index in [1.807, 2.05) is 6.07 Å². The van der Waals surface area contributed by atoms with E-state index >= 15 is 0 Å². The van der Waals surface area contributed by atoms with Gasteiger partial charge in [0.1, 0.15) is 17.3 Å². The molecule has 0 fully saturated rings. The number of benzene rings is 1. The molecule has 110 valence electrons. The van der Waals surface area contributed by atoms with Crippen LogP contribution in [0, 0.1) is 11.6 Å². The van der Waals surface area contributed by atoms with Crippen LogP contribution in [-0.4, -0.2) is 17.9 Å². The lowest BCUT2D eigenvalue weighted by atomic mass is 10.1. The van der Waals surface area contributed by atoms with Gasteiger partial charge in [-0.3, -0.25) is 9.78 Å². The number of rotatable bonds is 4. The molecule has 0 aliphatic heterocycles. The molecule has 0 aliphatic carbocycles. The first-order valence-corrected chi connectivity index (χ1v) is 6.40. The Kier molecular flexibility index (Phi) is 4.47. The molecule has 6 heteroatoms. The zero-order valence-electron chi connectivity index (χ0n) is 11.7. The molecule has 0 radical (unpaired) electrons. The minimum atomic E-state index is -0.809. The van der Waals surface area contributed by atoms with E-state index in [1.54, 1.807) is 25.4 Å². The van der Waals surface area contributed by atoms with Crippen molar-refractivity contribution < 1.29 is 13.6 Å². The maximum atomic E-state index is 13.6. The Labute approximate surface area is 121 Å². The minimum absolute atomic E-state index is 0.0697. The Balaban J connectivity index is 2.18. The molecule has 0 saturated carbocycles. The topological polar surface area (TPSA) is 54.0 Å². The van der Waals surface area contributed by atoms with Gasteiger partial charge in [0.15, 0.2) is 0 Å². The smallest absolute Gasteiger partial charge is 0.251 e. The van der Waals surface area contributed by atoms with E-state index in [0.29, 0.717) is 0 Å². The van der Waals surface area contributed by atoms with Gasteiger partial charge in [0, 0.05) is 25.0 Å². The second-order valence-electron chi connectivity index (χ2n) is 4.55. The fourth-order valence-electron chi connectivity index (χ4n) is 1.94. The SMILES string of the molecule is CNc1c(F)cc(C(=O)NC(C)c2cccnc2)cc1F. The van der Waals surface area contributed by atoms with Crippen molar-refractivity contribution in [3.63, 3.8) is 0 Å². The number of aromatic nitrogens is 1. The van der Waals surface area contributed by atoms with Crippen LogP contribution in [0.4, 0.5) is 14.5 Å². The molecule has 1 aromatic heterocycles. The van der Waals surface area contributed by atoms with Gasteiger partial charge in [0.2, 0.25) is 0 Å². The molecule has 2 N–H and O–H groups in total. The number of amides is 1. The largest absolute Gasteiger partial charge is 0.383 e. The Bertz CT molecular complexity index is 624. The quantitative estimate of drug-likeness (QED) is 0.910. The fraction of sp³-hybridized carbons (Fsp3) is 0.200. The molecular weight excluding hydrogens is 276 g/mol. The third-order valence-corrected chi connectivity index (χ3v) is 3.09. The summed E-state index contributed by atoms with van der Waals surface area (Å²) >= 11 is 0. The van der Waals surface area contributed by atoms with Crippen LogP contribution in [0.15, 0.2) is 36.7 Å². The fourth-order valence-corrected chi connectivity index (χ4v) is 1.94. The molecule has 0 saturated heterocycles. The van der Waals surface area contributed by atoms with E-state index in [4.69, 9.17) is 0 Å². The van der Waals surface area contributed by atoms with Gasteiger partial charge in [-0.15, -0.1) is 0 Å². The van der Waals surface area contributed by atoms with Crippen molar-refractivity contribution in [3.05, 3.63) is 59.4 Å². The van der Waals surface area contributed by atoms with Crippen LogP contribution in [-0.2, 0) is 0 Å². The molecule has 1 heterocycles. The molecule has 1 amide bonds. The van der Waals surface area contributed by atoms with Gasteiger partial charge in [-0.05, 0) is 30.7 Å². The lowest BCUT2D eigenvalue weighted by molar-refractivity contribution is 0.0939. The highest BCUT2D eigenvalue weighted by atomic mass is 19.1. The first-order chi connectivity index (χ1) is 10.0. The van der Waals surface area contributed by atoms with Crippen LogP contribution in [0.5, 0.6) is 0 Å². The van der Waals surface area contributed by atoms with Crippen LogP contribution in [0.3, 0.4) is 0 Å². The average molecular weight is 291 g/mol. The van der Waals surface area contributed by atoms with Gasteiger partial charge >= 0.3 is 0 Å². The zero-order chi connectivity index (χ0) is 15.4. The first kappa shape index (κ1) is 14.9. The van der Waals surface area contributed by atoms with E-state index in [-0.39, 0.29) is 17.3 Å². The summed E-state index contributed by atoms with van der Waals surface area (Å²) in [5.41, 5.74) is 0.477. The van der Waals surface area contributed by atoms with E-state index in [1.165, 1.54) is 7.05 Å². The van der Waals surface area contributed by atoms with Crippen LogP contribution >= 0.6 is 0 Å². The highest BCUT2D eigenvalue weighted by molar-refractivity contribution is 5.94. The van der Waals surface area contributed by atoms with Gasteiger partial charge in [-0.25, -0.2) is 8.78 Å². The number of hydrogen-bond acceptors (Lipinski definition) is 3. The molecule has 2 rings (SSSR count). The average Bonchev–Trinajstić information content (AvgIpc) is 2.47. The molecule has 0 aliphatic rings. The van der Waals surface area contributed by atoms with Gasteiger partial charge in [0.05, 0.1) is 6.04 Å². The monoisotopic (exact) mass is 291 g/mol. The summed E-state index contributed by atoms with van der Waals surface area (Å²) in [5, 5.41) is 5.08. The van der Waals surface area contributed by atoms with Crippen LogP contribution < -0.4 is 10.6 Å². The number of carbonyl (C=O) groups excluding carboxylic acids is 1. The maximum Gasteiger partial charge on any atom is 0.251 e. The second kappa shape index (κ2) is 6.30. The minimum Gasteiger partial charge on any atom is -0.383 e. The van der Waals surface area contributed by atoms with E-state index in [9.17, 15) is 13.6 Å². The number of pyridine rings is 1. The predicted molar refractivity (Wildman–Crippen MR) is 76.0 cm³/mol. The van der Waals surface area contributed by atoms with Crippen molar-refractivity contribution in [2.75, 3.05) is 12.4 Å². The van der Waals surface area contributed by atoms with Crippen LogP contribution in [0.2, 0.25) is 0 Å². The molecule has 0 spiro atoms. The summed E-state index contributed by atoms with van der Waals surface area (Å²) in [4.78, 5) is 16.0. The molecule has 1 aromatic carbocycles. The standard InChI is InChI=1S/C15H15F2N3O/c1-9(10-4-3-5-19-8-10)20-15(21)11-6-12(16)14(18-2)13(17)7-11/h3-9,18H,1-2H3,(H,20,21). The summed E-state index contributed by atoms with van der Waals surface area (Å²) in [5.74, 6) is -2.17. The summed E-state index contributed by atoms with van der Waals surface area (Å²) < 4.78 is 27.3. The van der Waals surface area contributed by atoms with Crippen molar-refractivity contribution in [2.45, 2.75) is 13.0 Å². The van der Waals surface area contributed by atoms with Crippen LogP contribution in [0.1, 0.15) is 28.9 Å². The summed E-state index contributed by atoms with van der Waals surface area (Å²) in [6, 6.07) is 5.24. The summed E-state index contributed by atoms with van der Waals surface area (Å²) in [7, 11) is 1.41. The van der Waals surface area contributed by atoms with Crippen molar-refractivity contribution in [1.29, 1.82) is 0 Å². The summed E-state index contributed by atoms with van der Waals surface area (Å²) in [6.45, 7) is 1.77. The van der Waals surface area contributed by atoms with Gasteiger partial charge in [-0.1, -0.05) is 6.07 Å². The van der Waals surface area contributed by atoms with E-state index < -0.39 is 17.5 Å². The second-order valence-corrected chi connectivity index (χ2v) is 4.55. The van der Waals surface area contributed by atoms with Crippen LogP contribution in [0.25, 0.3) is 0 Å². The van der Waals surface area contributed by atoms with E-state index in [0.717, 1.165) is 17.7 Å². The number of nitrogens with one attached hydrogen (secondary N) is 2. The van der Waals surface area contributed by atoms with Crippen molar-refractivity contribution in [1.82, 2.24) is 10.3 Å². The van der Waals surface area contributed by atoms with E-state index in [2.05, 4.69) is 15.6 Å². The Morgan fingerprint density at radius 2 is 1.95 bits per heavy atom. The molecule has 4 nitrogen and oxygen atoms in total. The number of hydrogen-bond donors (Lipinski definition) is 2. The molecule has 1 atom stereocenters. The number of anilines is 1. The Morgan fingerprint density at radius 1 is 1.29 bits per heavy atom. The number of nitrogens with zero attached hydrogens (tertiary/aromatic N) is 1. The molecular formula is C15H15F2N3O. The van der Waals surface area contributed by atoms with Crippen molar-refractivity contribution in [2.24, 2.45) is 0 Å². The Hall–Kier alpha value is -2.50. The number of halogens is 2. The lowest BCUT2D eigenvalue weighted by Crippen LogP contribution is -2.27. The maximum absolute atomic E-state index is 13.6. The first-order valence-electron chi connectivity index (χ1n) is 6.40. The molecule has 21 heavy (non-hydrogen) atoms. The molecule has 1 unspecified atom stereocenters. The normalized spacial score (nSPS) is 11.8. The third kappa shape index (κ3) is 3.34. The highest BCUT2D eigenvalue weighted by Gasteiger charge is 2.16. The van der Waals surface area contributed by atoms with Gasteiger partial charge in [0.25, 0.3) is 5.91 Å². The lowest BCUT2D eigenvalue weighted by Gasteiger charge is -2.14. The Morgan fingerprint density at radius 3 is 2.48 bits per heavy atom.